The topological polar surface area (TPSA) is 35.2 Å². The highest BCUT2D eigenvalue weighted by molar-refractivity contribution is 5.34. The zero-order valence-electron chi connectivity index (χ0n) is 9.16. The molecule has 0 amide bonds. The maximum atomic E-state index is 14.3. The van der Waals surface area contributed by atoms with Gasteiger partial charge in [-0.3, -0.25) is 0 Å². The van der Waals surface area contributed by atoms with E-state index in [0.29, 0.717) is 24.5 Å². The van der Waals surface area contributed by atoms with Gasteiger partial charge in [0, 0.05) is 18.9 Å². The lowest BCUT2D eigenvalue weighted by Crippen LogP contribution is -2.46. The third-order valence-corrected chi connectivity index (χ3v) is 3.35. The minimum atomic E-state index is -1.22. The molecule has 2 fully saturated rings. The molecule has 0 unspecified atom stereocenters. The summed E-state index contributed by atoms with van der Waals surface area (Å²) in [6.07, 6.45) is 3.46. The van der Waals surface area contributed by atoms with Gasteiger partial charge in [0.2, 0.25) is 0 Å². The van der Waals surface area contributed by atoms with Gasteiger partial charge in [0.25, 0.3) is 0 Å². The maximum Gasteiger partial charge on any atom is 0.139 e. The van der Waals surface area contributed by atoms with Crippen molar-refractivity contribution in [2.24, 2.45) is 5.73 Å². The molecule has 0 heterocycles. The Labute approximate surface area is 94.6 Å². The van der Waals surface area contributed by atoms with Gasteiger partial charge >= 0.3 is 0 Å². The van der Waals surface area contributed by atoms with Gasteiger partial charge < -0.3 is 10.5 Å². The highest BCUT2D eigenvalue weighted by Crippen LogP contribution is 2.45. The van der Waals surface area contributed by atoms with E-state index in [2.05, 4.69) is 0 Å². The van der Waals surface area contributed by atoms with Crippen molar-refractivity contribution in [2.75, 3.05) is 0 Å². The lowest BCUT2D eigenvalue weighted by molar-refractivity contribution is 0.0402. The van der Waals surface area contributed by atoms with E-state index in [1.165, 1.54) is 0 Å². The third kappa shape index (κ3) is 1.80. The Morgan fingerprint density at radius 3 is 2.69 bits per heavy atom. The summed E-state index contributed by atoms with van der Waals surface area (Å²) in [5.74, 6) is 0.789. The van der Waals surface area contributed by atoms with Crippen molar-refractivity contribution in [3.8, 4) is 5.75 Å². The first-order chi connectivity index (χ1) is 7.66. The number of benzene rings is 1. The Hall–Kier alpha value is -1.09. The molecule has 0 atom stereocenters. The summed E-state index contributed by atoms with van der Waals surface area (Å²) >= 11 is 0. The molecule has 3 rings (SSSR count). The molecule has 0 radical (unpaired) electrons. The Bertz CT molecular complexity index is 397. The summed E-state index contributed by atoms with van der Waals surface area (Å²) in [6, 6.07) is 7.41. The lowest BCUT2D eigenvalue weighted by atomic mass is 9.73. The van der Waals surface area contributed by atoms with E-state index in [1.807, 2.05) is 24.3 Å². The van der Waals surface area contributed by atoms with Gasteiger partial charge in [-0.05, 0) is 30.5 Å². The minimum absolute atomic E-state index is 0.0120. The molecule has 0 spiro atoms. The molecular formula is C13H16FNO. The largest absolute Gasteiger partial charge is 0.490 e. The predicted octanol–water partition coefficient (Wildman–Crippen LogP) is 2.51. The quantitative estimate of drug-likeness (QED) is 0.851. The highest BCUT2D eigenvalue weighted by atomic mass is 19.1. The van der Waals surface area contributed by atoms with Crippen molar-refractivity contribution in [2.45, 2.75) is 43.5 Å². The first-order valence-electron chi connectivity index (χ1n) is 5.87. The summed E-state index contributed by atoms with van der Waals surface area (Å²) < 4.78 is 19.9. The fourth-order valence-electron chi connectivity index (χ4n) is 2.23. The molecule has 0 aliphatic heterocycles. The molecule has 2 aliphatic carbocycles. The molecular weight excluding hydrogens is 205 g/mol. The average molecular weight is 221 g/mol. The van der Waals surface area contributed by atoms with Crippen LogP contribution in [0.1, 0.15) is 31.2 Å². The van der Waals surface area contributed by atoms with E-state index in [9.17, 15) is 4.39 Å². The van der Waals surface area contributed by atoms with Crippen LogP contribution < -0.4 is 10.5 Å². The molecule has 16 heavy (non-hydrogen) atoms. The fraction of sp³-hybridized carbons (Fsp3) is 0.538. The van der Waals surface area contributed by atoms with Gasteiger partial charge in [-0.1, -0.05) is 12.1 Å². The number of hydrogen-bond donors (Lipinski definition) is 1. The molecule has 86 valence electrons. The van der Waals surface area contributed by atoms with Gasteiger partial charge in [-0.25, -0.2) is 4.39 Å². The number of nitrogens with two attached hydrogens (primary N) is 1. The summed E-state index contributed by atoms with van der Waals surface area (Å²) in [5, 5.41) is 0. The van der Waals surface area contributed by atoms with Crippen molar-refractivity contribution in [3.63, 3.8) is 0 Å². The van der Waals surface area contributed by atoms with Gasteiger partial charge in [0.05, 0.1) is 6.10 Å². The van der Waals surface area contributed by atoms with Gasteiger partial charge in [-0.2, -0.15) is 0 Å². The van der Waals surface area contributed by atoms with Crippen molar-refractivity contribution < 1.29 is 9.13 Å². The summed E-state index contributed by atoms with van der Waals surface area (Å²) in [5.41, 5.74) is 5.14. The van der Waals surface area contributed by atoms with Crippen molar-refractivity contribution in [3.05, 3.63) is 29.8 Å². The second kappa shape index (κ2) is 3.45. The van der Waals surface area contributed by atoms with E-state index in [1.54, 1.807) is 0 Å². The first-order valence-corrected chi connectivity index (χ1v) is 5.87. The van der Waals surface area contributed by atoms with Crippen LogP contribution in [0.3, 0.4) is 0 Å². The van der Waals surface area contributed by atoms with Crippen LogP contribution in [-0.2, 0) is 5.67 Å². The fourth-order valence-corrected chi connectivity index (χ4v) is 2.23. The normalized spacial score (nSPS) is 33.2. The molecule has 2 saturated carbocycles. The standard InChI is InChI=1S/C13H16FNO/c14-13(7-10(15)8-13)9-2-1-3-12(6-9)16-11-4-5-11/h1-3,6,10-11H,4-5,7-8,15H2. The monoisotopic (exact) mass is 221 g/mol. The lowest BCUT2D eigenvalue weighted by Gasteiger charge is -2.39. The third-order valence-electron chi connectivity index (χ3n) is 3.35. The highest BCUT2D eigenvalue weighted by Gasteiger charge is 2.44. The summed E-state index contributed by atoms with van der Waals surface area (Å²) in [7, 11) is 0. The molecule has 0 aromatic heterocycles. The van der Waals surface area contributed by atoms with Gasteiger partial charge in [-0.15, -0.1) is 0 Å². The van der Waals surface area contributed by atoms with E-state index < -0.39 is 5.67 Å². The predicted molar refractivity (Wildman–Crippen MR) is 60.1 cm³/mol. The first kappa shape index (κ1) is 10.1. The Kier molecular flexibility index (Phi) is 2.18. The molecule has 0 bridgehead atoms. The maximum absolute atomic E-state index is 14.3. The van der Waals surface area contributed by atoms with Crippen LogP contribution >= 0.6 is 0 Å². The van der Waals surface area contributed by atoms with Crippen LogP contribution in [0.15, 0.2) is 24.3 Å². The zero-order valence-corrected chi connectivity index (χ0v) is 9.16. The van der Waals surface area contributed by atoms with E-state index in [4.69, 9.17) is 10.5 Å². The Morgan fingerprint density at radius 2 is 2.06 bits per heavy atom. The van der Waals surface area contributed by atoms with Crippen LogP contribution in [0.5, 0.6) is 5.75 Å². The number of alkyl halides is 1. The summed E-state index contributed by atoms with van der Waals surface area (Å²) in [4.78, 5) is 0. The Balaban J connectivity index is 1.78. The van der Waals surface area contributed by atoms with Gasteiger partial charge in [0.1, 0.15) is 11.4 Å². The molecule has 2 N–H and O–H groups in total. The van der Waals surface area contributed by atoms with Crippen LogP contribution in [0.25, 0.3) is 0 Å². The smallest absolute Gasteiger partial charge is 0.139 e. The van der Waals surface area contributed by atoms with Crippen molar-refractivity contribution in [1.29, 1.82) is 0 Å². The number of rotatable bonds is 3. The molecule has 1 aromatic rings. The number of halogens is 1. The second-order valence-corrected chi connectivity index (χ2v) is 4.98. The second-order valence-electron chi connectivity index (χ2n) is 4.98. The molecule has 2 nitrogen and oxygen atoms in total. The van der Waals surface area contributed by atoms with Crippen LogP contribution in [0, 0.1) is 0 Å². The van der Waals surface area contributed by atoms with E-state index in [0.717, 1.165) is 18.6 Å². The molecule has 0 saturated heterocycles. The average Bonchev–Trinajstić information content (AvgIpc) is 3.00. The van der Waals surface area contributed by atoms with Gasteiger partial charge in [0.15, 0.2) is 0 Å². The summed E-state index contributed by atoms with van der Waals surface area (Å²) in [6.45, 7) is 0. The molecule has 2 aliphatic rings. The van der Waals surface area contributed by atoms with Crippen molar-refractivity contribution >= 4 is 0 Å². The van der Waals surface area contributed by atoms with Crippen LogP contribution in [-0.4, -0.2) is 12.1 Å². The van der Waals surface area contributed by atoms with Crippen LogP contribution in [0.2, 0.25) is 0 Å². The van der Waals surface area contributed by atoms with E-state index in [-0.39, 0.29) is 6.04 Å². The number of ether oxygens (including phenoxy) is 1. The SMILES string of the molecule is NC1CC(F)(c2cccc(OC3CC3)c2)C1. The van der Waals surface area contributed by atoms with E-state index >= 15 is 0 Å². The minimum Gasteiger partial charge on any atom is -0.490 e. The van der Waals surface area contributed by atoms with Crippen LogP contribution in [0.4, 0.5) is 4.39 Å². The van der Waals surface area contributed by atoms with Crippen molar-refractivity contribution in [1.82, 2.24) is 0 Å². The molecule has 1 aromatic carbocycles. The zero-order chi connectivity index (χ0) is 11.2. The number of hydrogen-bond acceptors (Lipinski definition) is 2. The Morgan fingerprint density at radius 1 is 1.31 bits per heavy atom. The molecule has 3 heteroatoms.